The number of aromatic nitrogens is 4. The molecule has 9 heteroatoms. The van der Waals surface area contributed by atoms with Gasteiger partial charge in [0.1, 0.15) is 5.82 Å². The minimum Gasteiger partial charge on any atom is -0.321 e. The molecule has 3 aromatic carbocycles. The minimum atomic E-state index is -2.75. The number of benzene rings is 3. The number of hydrogen-bond donors (Lipinski definition) is 1. The molecule has 0 fully saturated rings. The predicted molar refractivity (Wildman–Crippen MR) is 126 cm³/mol. The van der Waals surface area contributed by atoms with Gasteiger partial charge in [-0.05, 0) is 49.4 Å². The Morgan fingerprint density at radius 1 is 0.971 bits per heavy atom. The van der Waals surface area contributed by atoms with Crippen molar-refractivity contribution >= 4 is 33.4 Å². The maximum Gasteiger partial charge on any atom is 0.320 e. The Kier molecular flexibility index (Phi) is 5.37. The number of halogens is 2. The molecule has 5 rings (SSSR count). The van der Waals surface area contributed by atoms with E-state index in [1.165, 1.54) is 4.68 Å². The number of nitrogens with one attached hydrogen (secondary N) is 1. The molecule has 170 valence electrons. The summed E-state index contributed by atoms with van der Waals surface area (Å²) in [5.74, 6) is -0.345. The van der Waals surface area contributed by atoms with E-state index >= 15 is 0 Å². The van der Waals surface area contributed by atoms with Gasteiger partial charge in [-0.25, -0.2) is 9.67 Å². The maximum atomic E-state index is 13.8. The lowest BCUT2D eigenvalue weighted by Crippen LogP contribution is -2.27. The molecule has 0 saturated carbocycles. The van der Waals surface area contributed by atoms with Crippen LogP contribution in [0.25, 0.3) is 33.2 Å². The van der Waals surface area contributed by atoms with E-state index in [4.69, 9.17) is 0 Å². The first kappa shape index (κ1) is 21.4. The summed E-state index contributed by atoms with van der Waals surface area (Å²) in [6.07, 6.45) is 0. The fourth-order valence-corrected chi connectivity index (χ4v) is 3.96. The molecule has 7 nitrogen and oxygen atoms in total. The Bertz CT molecular complexity index is 1590. The topological polar surface area (TPSA) is 81.8 Å². The molecule has 0 spiro atoms. The average Bonchev–Trinajstić information content (AvgIpc) is 3.25. The van der Waals surface area contributed by atoms with Crippen molar-refractivity contribution in [2.24, 2.45) is 0 Å². The monoisotopic (exact) mass is 459 g/mol. The first-order valence-electron chi connectivity index (χ1n) is 10.6. The van der Waals surface area contributed by atoms with Crippen molar-refractivity contribution in [3.05, 3.63) is 88.8 Å². The second-order valence-electron chi connectivity index (χ2n) is 7.62. The summed E-state index contributed by atoms with van der Waals surface area (Å²) in [6.45, 7) is -0.657. The van der Waals surface area contributed by atoms with Crippen molar-refractivity contribution in [1.29, 1.82) is 0 Å². The number of fused-ring (bicyclic) bond motifs is 2. The third kappa shape index (κ3) is 3.61. The van der Waals surface area contributed by atoms with Crippen LogP contribution >= 0.6 is 0 Å². The lowest BCUT2D eigenvalue weighted by Gasteiger charge is -2.11. The van der Waals surface area contributed by atoms with E-state index in [9.17, 15) is 18.4 Å². The van der Waals surface area contributed by atoms with Gasteiger partial charge in [-0.15, -0.1) is 0 Å². The first-order chi connectivity index (χ1) is 16.5. The number of imidazole rings is 1. The summed E-state index contributed by atoms with van der Waals surface area (Å²) in [6, 6.07) is 20.0. The number of carbonyl (C=O) groups is 1. The number of anilines is 1. The molecule has 0 bridgehead atoms. The highest BCUT2D eigenvalue weighted by atomic mass is 19.3. The van der Waals surface area contributed by atoms with Crippen molar-refractivity contribution in [2.45, 2.75) is 20.0 Å². The second-order valence-corrected chi connectivity index (χ2v) is 7.62. The number of nitrogens with zero attached hydrogens (tertiary/aromatic N) is 4. The van der Waals surface area contributed by atoms with Crippen molar-refractivity contribution in [1.82, 2.24) is 19.3 Å². The van der Waals surface area contributed by atoms with E-state index in [0.29, 0.717) is 39.6 Å². The third-order valence-corrected chi connectivity index (χ3v) is 5.57. The largest absolute Gasteiger partial charge is 0.321 e. The van der Waals surface area contributed by atoms with Crippen LogP contribution in [-0.4, -0.2) is 25.2 Å². The molecule has 0 unspecified atom stereocenters. The van der Waals surface area contributed by atoms with Gasteiger partial charge in [-0.2, -0.15) is 13.9 Å². The number of carbonyl (C=O) groups excluding carboxylic acids is 1. The molecule has 34 heavy (non-hydrogen) atoms. The molecule has 0 atom stereocenters. The van der Waals surface area contributed by atoms with Gasteiger partial charge in [0, 0.05) is 23.2 Å². The molecule has 0 aliphatic rings. The Labute approximate surface area is 192 Å². The Balaban J connectivity index is 1.48. The van der Waals surface area contributed by atoms with Crippen molar-refractivity contribution in [3.8, 4) is 11.4 Å². The summed E-state index contributed by atoms with van der Waals surface area (Å²) in [5.41, 5.74) is 1.61. The van der Waals surface area contributed by atoms with Crippen LogP contribution in [0, 0.1) is 0 Å². The molecular formula is C25H19F2N5O2. The minimum absolute atomic E-state index is 0.126. The van der Waals surface area contributed by atoms with Crippen molar-refractivity contribution < 1.29 is 13.6 Å². The highest BCUT2D eigenvalue weighted by Crippen LogP contribution is 2.30. The summed E-state index contributed by atoms with van der Waals surface area (Å²) >= 11 is 0. The van der Waals surface area contributed by atoms with E-state index in [2.05, 4.69) is 15.4 Å². The van der Waals surface area contributed by atoms with Crippen LogP contribution in [0.3, 0.4) is 0 Å². The third-order valence-electron chi connectivity index (χ3n) is 5.57. The van der Waals surface area contributed by atoms with E-state index in [1.807, 2.05) is 0 Å². The van der Waals surface area contributed by atoms with Crippen LogP contribution in [0.1, 0.15) is 24.0 Å². The molecular weight excluding hydrogens is 440 g/mol. The van der Waals surface area contributed by atoms with E-state index < -0.39 is 12.5 Å². The van der Waals surface area contributed by atoms with Gasteiger partial charge < -0.3 is 5.32 Å². The van der Waals surface area contributed by atoms with Crippen LogP contribution in [0.15, 0.2) is 77.6 Å². The van der Waals surface area contributed by atoms with E-state index in [1.54, 1.807) is 79.7 Å². The quantitative estimate of drug-likeness (QED) is 0.397. The van der Waals surface area contributed by atoms with Crippen LogP contribution in [-0.2, 0) is 6.54 Å². The van der Waals surface area contributed by atoms with Gasteiger partial charge in [0.05, 0.1) is 16.4 Å². The molecule has 1 amide bonds. The fraction of sp³-hybridized carbons (Fsp3) is 0.120. The summed E-state index contributed by atoms with van der Waals surface area (Å²) in [5, 5.41) is 7.87. The zero-order valence-electron chi connectivity index (χ0n) is 18.1. The molecule has 2 heterocycles. The molecule has 5 aromatic rings. The highest BCUT2D eigenvalue weighted by Gasteiger charge is 2.20. The average molecular weight is 459 g/mol. The number of alkyl halides is 2. The number of hydrogen-bond acceptors (Lipinski definition) is 4. The fourth-order valence-electron chi connectivity index (χ4n) is 3.96. The van der Waals surface area contributed by atoms with Crippen LogP contribution < -0.4 is 10.9 Å². The van der Waals surface area contributed by atoms with Gasteiger partial charge in [0.25, 0.3) is 11.5 Å². The van der Waals surface area contributed by atoms with Gasteiger partial charge in [0.15, 0.2) is 5.69 Å². The summed E-state index contributed by atoms with van der Waals surface area (Å²) < 4.78 is 29.7. The van der Waals surface area contributed by atoms with Gasteiger partial charge in [-0.1, -0.05) is 30.3 Å². The lowest BCUT2D eigenvalue weighted by molar-refractivity contribution is 0.0764. The Morgan fingerprint density at radius 3 is 2.35 bits per heavy atom. The second kappa shape index (κ2) is 8.51. The van der Waals surface area contributed by atoms with Gasteiger partial charge in [-0.3, -0.25) is 14.2 Å². The smallest absolute Gasteiger partial charge is 0.320 e. The Morgan fingerprint density at radius 2 is 1.65 bits per heavy atom. The number of para-hydroxylation sites is 2. The Hall–Kier alpha value is -4.40. The van der Waals surface area contributed by atoms with Crippen molar-refractivity contribution in [2.75, 3.05) is 5.32 Å². The van der Waals surface area contributed by atoms with E-state index in [0.717, 1.165) is 4.57 Å². The van der Waals surface area contributed by atoms with Crippen LogP contribution in [0.5, 0.6) is 0 Å². The van der Waals surface area contributed by atoms with Crippen molar-refractivity contribution in [3.63, 3.8) is 0 Å². The molecule has 0 aliphatic heterocycles. The lowest BCUT2D eigenvalue weighted by atomic mass is 10.1. The number of aryl methyl sites for hydroxylation is 1. The first-order valence-corrected chi connectivity index (χ1v) is 10.6. The molecule has 0 radical (unpaired) electrons. The standard InChI is InChI=1S/C25H19F2N5O2/c1-2-31-24(34)18-8-4-3-7-17(18)21(30-31)23(33)28-16-13-11-15(12-14-16)22-29-19-9-5-6-10-20(19)32(22)25(26)27/h3-14,25H,2H2,1H3,(H,28,33). The molecule has 0 aliphatic carbocycles. The van der Waals surface area contributed by atoms with Gasteiger partial charge in [0.2, 0.25) is 0 Å². The predicted octanol–water partition coefficient (Wildman–Crippen LogP) is 5.08. The zero-order valence-corrected chi connectivity index (χ0v) is 18.1. The molecule has 0 saturated heterocycles. The van der Waals surface area contributed by atoms with Crippen LogP contribution in [0.2, 0.25) is 0 Å². The summed E-state index contributed by atoms with van der Waals surface area (Å²) in [4.78, 5) is 29.9. The zero-order chi connectivity index (χ0) is 23.8. The SMILES string of the molecule is CCn1nc(C(=O)Nc2ccc(-c3nc4ccccc4n3C(F)F)cc2)c2ccccc2c1=O. The summed E-state index contributed by atoms with van der Waals surface area (Å²) in [7, 11) is 0. The van der Waals surface area contributed by atoms with Gasteiger partial charge >= 0.3 is 6.55 Å². The number of amides is 1. The maximum absolute atomic E-state index is 13.8. The normalized spacial score (nSPS) is 11.4. The molecule has 1 N–H and O–H groups in total. The van der Waals surface area contributed by atoms with Crippen LogP contribution in [0.4, 0.5) is 14.5 Å². The molecule has 2 aromatic heterocycles. The highest BCUT2D eigenvalue weighted by molar-refractivity contribution is 6.11. The van der Waals surface area contributed by atoms with E-state index in [-0.39, 0.29) is 17.1 Å². The number of rotatable bonds is 5.